The predicted molar refractivity (Wildman–Crippen MR) is 129 cm³/mol. The summed E-state index contributed by atoms with van der Waals surface area (Å²) in [6.07, 6.45) is 2.48. The molecule has 0 aromatic heterocycles. The van der Waals surface area contributed by atoms with E-state index in [2.05, 4.69) is 15.1 Å². The number of alkyl halides is 3. The highest BCUT2D eigenvalue weighted by Gasteiger charge is 2.59. The van der Waals surface area contributed by atoms with Crippen LogP contribution in [0.2, 0.25) is 0 Å². The van der Waals surface area contributed by atoms with Crippen LogP contribution in [0.3, 0.4) is 0 Å². The van der Waals surface area contributed by atoms with E-state index in [9.17, 15) is 18.0 Å². The van der Waals surface area contributed by atoms with Crippen molar-refractivity contribution >= 4 is 11.6 Å². The number of nitrogens with zero attached hydrogens (tertiary/aromatic N) is 2. The third kappa shape index (κ3) is 4.11. The number of carbonyl (C=O) groups is 1. The van der Waals surface area contributed by atoms with Gasteiger partial charge in [0.2, 0.25) is 5.91 Å². The molecule has 36 heavy (non-hydrogen) atoms. The van der Waals surface area contributed by atoms with Crippen LogP contribution in [0.1, 0.15) is 50.5 Å². The monoisotopic (exact) mass is 507 g/mol. The normalized spacial score (nSPS) is 38.1. The Morgan fingerprint density at radius 3 is 2.81 bits per heavy atom. The van der Waals surface area contributed by atoms with Gasteiger partial charge in [-0.2, -0.15) is 13.2 Å². The number of benzene rings is 1. The Kier molecular flexibility index (Phi) is 6.24. The van der Waals surface area contributed by atoms with Crippen molar-refractivity contribution in [3.05, 3.63) is 29.8 Å². The molecule has 7 atom stereocenters. The van der Waals surface area contributed by atoms with Gasteiger partial charge in [-0.05, 0) is 62.6 Å². The van der Waals surface area contributed by atoms with E-state index in [4.69, 9.17) is 9.47 Å². The molecule has 198 valence electrons. The van der Waals surface area contributed by atoms with Crippen molar-refractivity contribution in [3.8, 4) is 0 Å². The number of methoxy groups -OCH3 is 1. The van der Waals surface area contributed by atoms with E-state index in [1.807, 2.05) is 0 Å². The Hall–Kier alpha value is -1.84. The number of nitrogens with one attached hydrogen (secondary N) is 1. The second-order valence-electron chi connectivity index (χ2n) is 11.5. The lowest BCUT2D eigenvalue weighted by molar-refractivity contribution is -0.144. The van der Waals surface area contributed by atoms with Crippen molar-refractivity contribution in [3.63, 3.8) is 0 Å². The van der Waals surface area contributed by atoms with Gasteiger partial charge in [0.1, 0.15) is 0 Å². The van der Waals surface area contributed by atoms with Crippen LogP contribution in [-0.2, 0) is 20.4 Å². The van der Waals surface area contributed by atoms with E-state index in [-0.39, 0.29) is 29.6 Å². The first-order chi connectivity index (χ1) is 17.3. The summed E-state index contributed by atoms with van der Waals surface area (Å²) < 4.78 is 50.9. The smallest absolute Gasteiger partial charge is 0.379 e. The fraction of sp³-hybridized carbons (Fsp3) is 0.741. The highest BCUT2D eigenvalue weighted by Crippen LogP contribution is 2.56. The Morgan fingerprint density at radius 2 is 2.06 bits per heavy atom. The number of hydrogen-bond acceptors (Lipinski definition) is 5. The van der Waals surface area contributed by atoms with Crippen LogP contribution in [0, 0.1) is 11.3 Å². The van der Waals surface area contributed by atoms with Gasteiger partial charge in [-0.25, -0.2) is 0 Å². The third-order valence-corrected chi connectivity index (χ3v) is 9.63. The molecule has 6 rings (SSSR count). The number of hydrogen-bond donors (Lipinski definition) is 1. The van der Waals surface area contributed by atoms with Crippen molar-refractivity contribution in [2.24, 2.45) is 11.3 Å². The summed E-state index contributed by atoms with van der Waals surface area (Å²) in [4.78, 5) is 18.3. The summed E-state index contributed by atoms with van der Waals surface area (Å²) in [5, 5.41) is 3.82. The highest BCUT2D eigenvalue weighted by molar-refractivity contribution is 5.85. The average molecular weight is 508 g/mol. The molecule has 3 heterocycles. The van der Waals surface area contributed by atoms with Gasteiger partial charge in [0.05, 0.1) is 29.7 Å². The molecule has 9 heteroatoms. The quantitative estimate of drug-likeness (QED) is 0.657. The van der Waals surface area contributed by atoms with Crippen LogP contribution < -0.4 is 10.2 Å². The van der Waals surface area contributed by atoms with E-state index in [1.54, 1.807) is 13.2 Å². The van der Waals surface area contributed by atoms with Crippen LogP contribution in [-0.4, -0.2) is 74.5 Å². The van der Waals surface area contributed by atoms with Crippen molar-refractivity contribution in [1.29, 1.82) is 0 Å². The Morgan fingerprint density at radius 1 is 1.19 bits per heavy atom. The summed E-state index contributed by atoms with van der Waals surface area (Å²) in [5.41, 5.74) is -0.305. The summed E-state index contributed by atoms with van der Waals surface area (Å²) in [7, 11) is 1.73. The van der Waals surface area contributed by atoms with E-state index in [0.29, 0.717) is 43.3 Å². The van der Waals surface area contributed by atoms with E-state index in [1.165, 1.54) is 12.1 Å². The molecule has 2 bridgehead atoms. The largest absolute Gasteiger partial charge is 0.416 e. The molecule has 0 radical (unpaired) electrons. The number of piperazine rings is 1. The fourth-order valence-electron chi connectivity index (χ4n) is 7.94. The first-order valence-electron chi connectivity index (χ1n) is 13.4. The zero-order valence-corrected chi connectivity index (χ0v) is 20.8. The molecule has 2 saturated carbocycles. The molecule has 5 fully saturated rings. The second-order valence-corrected chi connectivity index (χ2v) is 11.5. The Balaban J connectivity index is 1.13. The van der Waals surface area contributed by atoms with E-state index in [0.717, 1.165) is 57.6 Å². The van der Waals surface area contributed by atoms with Crippen LogP contribution in [0.4, 0.5) is 18.9 Å². The molecule has 5 aliphatic rings. The third-order valence-electron chi connectivity index (χ3n) is 9.63. The second kappa shape index (κ2) is 9.17. The maximum atomic E-state index is 14.1. The highest BCUT2D eigenvalue weighted by atomic mass is 19.4. The van der Waals surface area contributed by atoms with Crippen LogP contribution in [0.15, 0.2) is 24.3 Å². The number of likely N-dealkylation sites (tertiary alicyclic amines) is 1. The zero-order valence-electron chi connectivity index (χ0n) is 20.8. The molecule has 1 N–H and O–H groups in total. The van der Waals surface area contributed by atoms with Gasteiger partial charge >= 0.3 is 6.18 Å². The number of amides is 1. The zero-order chi connectivity index (χ0) is 25.1. The Bertz CT molecular complexity index is 991. The van der Waals surface area contributed by atoms with Crippen molar-refractivity contribution in [2.75, 3.05) is 38.3 Å². The van der Waals surface area contributed by atoms with Crippen molar-refractivity contribution in [2.45, 2.75) is 81.4 Å². The van der Waals surface area contributed by atoms with Crippen LogP contribution in [0.5, 0.6) is 0 Å². The van der Waals surface area contributed by atoms with Gasteiger partial charge < -0.3 is 24.6 Å². The number of halogens is 3. The van der Waals surface area contributed by atoms with Gasteiger partial charge in [-0.15, -0.1) is 0 Å². The molecule has 3 saturated heterocycles. The maximum absolute atomic E-state index is 14.1. The number of fused-ring (bicyclic) bond motifs is 3. The maximum Gasteiger partial charge on any atom is 0.416 e. The summed E-state index contributed by atoms with van der Waals surface area (Å²) in [5.74, 6) is 0.697. The number of carbonyl (C=O) groups excluding carboxylic acids is 1. The van der Waals surface area contributed by atoms with Crippen molar-refractivity contribution in [1.82, 2.24) is 10.2 Å². The van der Waals surface area contributed by atoms with Gasteiger partial charge in [-0.3, -0.25) is 4.79 Å². The van der Waals surface area contributed by atoms with Crippen molar-refractivity contribution < 1.29 is 27.4 Å². The fourth-order valence-corrected chi connectivity index (χ4v) is 7.94. The topological polar surface area (TPSA) is 54.0 Å². The predicted octanol–water partition coefficient (Wildman–Crippen LogP) is 3.84. The molecule has 2 aliphatic carbocycles. The van der Waals surface area contributed by atoms with E-state index < -0.39 is 11.7 Å². The molecule has 0 spiro atoms. The number of anilines is 1. The molecule has 3 aliphatic heterocycles. The molecule has 1 aromatic rings. The van der Waals surface area contributed by atoms with E-state index >= 15 is 0 Å². The van der Waals surface area contributed by atoms with Crippen LogP contribution in [0.25, 0.3) is 0 Å². The molecular weight excluding hydrogens is 471 g/mol. The van der Waals surface area contributed by atoms with Gasteiger partial charge in [0.25, 0.3) is 0 Å². The molecule has 1 amide bonds. The minimum absolute atomic E-state index is 0.0435. The Labute approximate surface area is 210 Å². The lowest BCUT2D eigenvalue weighted by Gasteiger charge is -2.41. The van der Waals surface area contributed by atoms with Gasteiger partial charge in [0, 0.05) is 50.6 Å². The molecule has 0 unspecified atom stereocenters. The lowest BCUT2D eigenvalue weighted by Crippen LogP contribution is -2.54. The summed E-state index contributed by atoms with van der Waals surface area (Å²) in [6, 6.07) is 6.32. The first kappa shape index (κ1) is 24.5. The summed E-state index contributed by atoms with van der Waals surface area (Å²) in [6.45, 7) is 2.56. The lowest BCUT2D eigenvalue weighted by atomic mass is 9.78. The number of rotatable bonds is 5. The SMILES string of the molecule is CO[C@@H]1COCC[C@@H]1N[C@@H]1C[C@H]2CCC[C@@]2(C(=O)N2C[C@@H]3C[C@H]2CN3c2cccc(C(F)(F)F)c2)C1. The summed E-state index contributed by atoms with van der Waals surface area (Å²) >= 11 is 0. The minimum atomic E-state index is -4.35. The molecule has 6 nitrogen and oxygen atoms in total. The standard InChI is InChI=1S/C27H36F3N3O3/c1-35-24-16-36-9-7-23(24)31-19-10-17-5-3-8-26(17,13-19)25(34)33-15-21-12-22(33)14-32(21)20-6-2-4-18(11-20)27(28,29)30/h2,4,6,11,17,19,21-24,31H,3,5,7-10,12-16H2,1H3/t17-,19-,21+,22+,23+,24-,26-/m1/s1. The van der Waals surface area contributed by atoms with Gasteiger partial charge in [0.15, 0.2) is 0 Å². The average Bonchev–Trinajstić information content (AvgIpc) is 3.63. The van der Waals surface area contributed by atoms with Gasteiger partial charge in [-0.1, -0.05) is 12.5 Å². The molecule has 1 aromatic carbocycles. The van der Waals surface area contributed by atoms with Crippen LogP contribution >= 0.6 is 0 Å². The minimum Gasteiger partial charge on any atom is -0.379 e. The number of ether oxygens (including phenoxy) is 2. The first-order valence-corrected chi connectivity index (χ1v) is 13.4. The molecular formula is C27H36F3N3O3.